The minimum Gasteiger partial charge on any atom is -0.476 e. The first kappa shape index (κ1) is 12.4. The maximum atomic E-state index is 10.4. The number of carboxylic acid groups (broad SMARTS) is 1. The Labute approximate surface area is 94.9 Å². The Kier molecular flexibility index (Phi) is 3.92. The Balaban J connectivity index is 0.000000239. The fourth-order valence-electron chi connectivity index (χ4n) is 1.01. The second kappa shape index (κ2) is 5.39. The highest BCUT2D eigenvalue weighted by atomic mass is 16.6. The maximum absolute atomic E-state index is 10.4. The molecule has 0 radical (unpaired) electrons. The lowest BCUT2D eigenvalue weighted by Crippen LogP contribution is -2.06. The summed E-state index contributed by atoms with van der Waals surface area (Å²) in [6.07, 6.45) is 6.17. The van der Waals surface area contributed by atoms with Crippen LogP contribution < -0.4 is 0 Å². The van der Waals surface area contributed by atoms with Gasteiger partial charge >= 0.3 is 11.8 Å². The fourth-order valence-corrected chi connectivity index (χ4v) is 1.01. The van der Waals surface area contributed by atoms with E-state index in [1.54, 1.807) is 18.7 Å². The normalized spacial score (nSPS) is 9.24. The molecule has 2 aromatic rings. The van der Waals surface area contributed by atoms with Crippen LogP contribution in [0.1, 0.15) is 10.5 Å². The van der Waals surface area contributed by atoms with Gasteiger partial charge in [0.2, 0.25) is 12.0 Å². The van der Waals surface area contributed by atoms with Gasteiger partial charge in [0.25, 0.3) is 0 Å². The van der Waals surface area contributed by atoms with Gasteiger partial charge in [0.05, 0.1) is 6.33 Å². The number of nitro groups is 1. The van der Waals surface area contributed by atoms with E-state index >= 15 is 0 Å². The van der Waals surface area contributed by atoms with E-state index in [-0.39, 0.29) is 0 Å². The van der Waals surface area contributed by atoms with Crippen molar-refractivity contribution in [1.82, 2.24) is 19.5 Å². The highest BCUT2D eigenvalue weighted by Crippen LogP contribution is 2.14. The average Bonchev–Trinajstić information content (AvgIpc) is 2.87. The molecule has 2 aromatic heterocycles. The third-order valence-corrected chi connectivity index (χ3v) is 1.70. The number of nitrogens with zero attached hydrogens (tertiary/aromatic N) is 4. The SMILES string of the molecule is Cn1cnc([N+](=O)[O-])c1C(=O)O.c1c[nH]cn1. The Morgan fingerprint density at radius 2 is 2.35 bits per heavy atom. The molecule has 2 rings (SSSR count). The van der Waals surface area contributed by atoms with E-state index in [4.69, 9.17) is 5.11 Å². The quantitative estimate of drug-likeness (QED) is 0.578. The average molecular weight is 239 g/mol. The maximum Gasteiger partial charge on any atom is 0.396 e. The minimum atomic E-state index is -1.36. The van der Waals surface area contributed by atoms with Crippen molar-refractivity contribution in [3.63, 3.8) is 0 Å². The van der Waals surface area contributed by atoms with Gasteiger partial charge in [0.1, 0.15) is 0 Å². The number of aryl methyl sites for hydroxylation is 1. The van der Waals surface area contributed by atoms with Crippen LogP contribution >= 0.6 is 0 Å². The molecule has 90 valence electrons. The zero-order valence-corrected chi connectivity index (χ0v) is 8.77. The molecular weight excluding hydrogens is 230 g/mol. The number of imidazole rings is 2. The van der Waals surface area contributed by atoms with Crippen LogP contribution in [0.5, 0.6) is 0 Å². The van der Waals surface area contributed by atoms with Crippen molar-refractivity contribution >= 4 is 11.8 Å². The zero-order valence-electron chi connectivity index (χ0n) is 8.77. The van der Waals surface area contributed by atoms with Crippen LogP contribution in [0.2, 0.25) is 0 Å². The third kappa shape index (κ3) is 3.12. The third-order valence-electron chi connectivity index (χ3n) is 1.70. The van der Waals surface area contributed by atoms with Crippen molar-refractivity contribution in [3.8, 4) is 0 Å². The van der Waals surface area contributed by atoms with Crippen LogP contribution in [0, 0.1) is 10.1 Å². The highest BCUT2D eigenvalue weighted by molar-refractivity contribution is 5.89. The largest absolute Gasteiger partial charge is 0.476 e. The summed E-state index contributed by atoms with van der Waals surface area (Å²) < 4.78 is 1.08. The number of carboxylic acids is 1. The molecule has 2 N–H and O–H groups in total. The molecule has 2 heterocycles. The summed E-state index contributed by atoms with van der Waals surface area (Å²) in [4.78, 5) is 29.6. The molecule has 0 aliphatic rings. The predicted molar refractivity (Wildman–Crippen MR) is 55.4 cm³/mol. The van der Waals surface area contributed by atoms with Crippen LogP contribution in [0.15, 0.2) is 25.0 Å². The van der Waals surface area contributed by atoms with Crippen molar-refractivity contribution in [2.24, 2.45) is 7.05 Å². The molecule has 0 aromatic carbocycles. The van der Waals surface area contributed by atoms with Crippen molar-refractivity contribution in [2.45, 2.75) is 0 Å². The number of hydrogen-bond donors (Lipinski definition) is 2. The van der Waals surface area contributed by atoms with Crippen LogP contribution in [0.25, 0.3) is 0 Å². The van der Waals surface area contributed by atoms with Gasteiger partial charge in [-0.05, 0) is 9.91 Å². The number of carbonyl (C=O) groups is 1. The summed E-state index contributed by atoms with van der Waals surface area (Å²) in [7, 11) is 1.38. The highest BCUT2D eigenvalue weighted by Gasteiger charge is 2.25. The summed E-state index contributed by atoms with van der Waals surface area (Å²) in [6, 6.07) is 0. The molecule has 0 saturated heterocycles. The molecular formula is C8H9N5O4. The Hall–Kier alpha value is -2.71. The molecule has 9 heteroatoms. The molecule has 0 aliphatic heterocycles. The molecule has 0 unspecified atom stereocenters. The van der Waals surface area contributed by atoms with Gasteiger partial charge in [-0.15, -0.1) is 0 Å². The van der Waals surface area contributed by atoms with Crippen molar-refractivity contribution in [3.05, 3.63) is 40.9 Å². The molecule has 0 bridgehead atoms. The van der Waals surface area contributed by atoms with E-state index in [0.717, 1.165) is 10.9 Å². The van der Waals surface area contributed by atoms with Gasteiger partial charge in [0.15, 0.2) is 0 Å². The fraction of sp³-hybridized carbons (Fsp3) is 0.125. The molecule has 0 saturated carbocycles. The van der Waals surface area contributed by atoms with Crippen LogP contribution in [0.3, 0.4) is 0 Å². The number of hydrogen-bond acceptors (Lipinski definition) is 5. The number of rotatable bonds is 2. The molecule has 0 spiro atoms. The molecule has 9 nitrogen and oxygen atoms in total. The second-order valence-electron chi connectivity index (χ2n) is 2.85. The Morgan fingerprint density at radius 1 is 1.65 bits per heavy atom. The van der Waals surface area contributed by atoms with E-state index in [1.807, 2.05) is 0 Å². The lowest BCUT2D eigenvalue weighted by atomic mass is 10.4. The van der Waals surface area contributed by atoms with E-state index in [0.29, 0.717) is 0 Å². The number of H-pyrrole nitrogens is 1. The van der Waals surface area contributed by atoms with Crippen LogP contribution in [-0.4, -0.2) is 35.5 Å². The first-order chi connectivity index (χ1) is 8.04. The van der Waals surface area contributed by atoms with Crippen LogP contribution in [-0.2, 0) is 7.05 Å². The number of aromatic nitrogens is 4. The molecule has 17 heavy (non-hydrogen) atoms. The van der Waals surface area contributed by atoms with Gasteiger partial charge in [0, 0.05) is 19.4 Å². The standard InChI is InChI=1S/C5H5N3O4.C3H4N2/c1-7-2-6-4(8(11)12)3(7)5(9)10;1-2-5-3-4-1/h2H,1H3,(H,9,10);1-3H,(H,4,5). The molecule has 0 atom stereocenters. The van der Waals surface area contributed by atoms with E-state index < -0.39 is 22.4 Å². The van der Waals surface area contributed by atoms with Crippen molar-refractivity contribution < 1.29 is 14.8 Å². The topological polar surface area (TPSA) is 127 Å². The summed E-state index contributed by atoms with van der Waals surface area (Å²) >= 11 is 0. The summed E-state index contributed by atoms with van der Waals surface area (Å²) in [6.45, 7) is 0. The summed E-state index contributed by atoms with van der Waals surface area (Å²) in [5, 5.41) is 18.7. The second-order valence-corrected chi connectivity index (χ2v) is 2.85. The number of aromatic amines is 1. The lowest BCUT2D eigenvalue weighted by Gasteiger charge is -1.93. The molecule has 0 fully saturated rings. The zero-order chi connectivity index (χ0) is 12.8. The Morgan fingerprint density at radius 3 is 2.65 bits per heavy atom. The van der Waals surface area contributed by atoms with E-state index in [9.17, 15) is 14.9 Å². The Bertz CT molecular complexity index is 487. The van der Waals surface area contributed by atoms with Gasteiger partial charge < -0.3 is 24.8 Å². The van der Waals surface area contributed by atoms with Gasteiger partial charge in [-0.2, -0.15) is 0 Å². The van der Waals surface area contributed by atoms with Crippen molar-refractivity contribution in [1.29, 1.82) is 0 Å². The predicted octanol–water partition coefficient (Wildman–Crippen LogP) is 0.436. The van der Waals surface area contributed by atoms with Gasteiger partial charge in [-0.1, -0.05) is 0 Å². The van der Waals surface area contributed by atoms with Crippen molar-refractivity contribution in [2.75, 3.05) is 0 Å². The first-order valence-corrected chi connectivity index (χ1v) is 4.35. The monoisotopic (exact) mass is 239 g/mol. The van der Waals surface area contributed by atoms with Crippen LogP contribution in [0.4, 0.5) is 5.82 Å². The van der Waals surface area contributed by atoms with Gasteiger partial charge in [-0.3, -0.25) is 0 Å². The summed E-state index contributed by atoms with van der Waals surface area (Å²) in [5.74, 6) is -1.99. The summed E-state index contributed by atoms with van der Waals surface area (Å²) in [5.41, 5.74) is -0.417. The molecule has 0 amide bonds. The minimum absolute atomic E-state index is 0.417. The molecule has 0 aliphatic carbocycles. The van der Waals surface area contributed by atoms with E-state index in [2.05, 4.69) is 15.0 Å². The smallest absolute Gasteiger partial charge is 0.396 e. The number of nitrogens with one attached hydrogen (secondary N) is 1. The van der Waals surface area contributed by atoms with E-state index in [1.165, 1.54) is 7.05 Å². The first-order valence-electron chi connectivity index (χ1n) is 4.35. The van der Waals surface area contributed by atoms with Gasteiger partial charge in [-0.25, -0.2) is 9.78 Å². The lowest BCUT2D eigenvalue weighted by molar-refractivity contribution is -0.389. The number of aromatic carboxylic acids is 1.